The number of nitro groups is 1. The molecule has 0 aromatic heterocycles. The summed E-state index contributed by atoms with van der Waals surface area (Å²) in [6.45, 7) is 2.60. The van der Waals surface area contributed by atoms with Gasteiger partial charge < -0.3 is 19.9 Å². The first-order valence-electron chi connectivity index (χ1n) is 7.50. The van der Waals surface area contributed by atoms with Crippen LogP contribution in [-0.2, 0) is 4.79 Å². The average molecular weight is 373 g/mol. The van der Waals surface area contributed by atoms with Gasteiger partial charge in [-0.25, -0.2) is 0 Å². The van der Waals surface area contributed by atoms with Crippen molar-refractivity contribution in [3.63, 3.8) is 0 Å². The van der Waals surface area contributed by atoms with Crippen LogP contribution in [0.3, 0.4) is 0 Å². The molecule has 1 fully saturated rings. The lowest BCUT2D eigenvalue weighted by atomic mass is 10.1. The molecule has 1 aromatic rings. The number of nitro benzene ring substituents is 1. The maximum Gasteiger partial charge on any atom is 0.311 e. The van der Waals surface area contributed by atoms with Crippen LogP contribution in [-0.4, -0.2) is 73.4 Å². The summed E-state index contributed by atoms with van der Waals surface area (Å²) in [5.41, 5.74) is -0.150. The van der Waals surface area contributed by atoms with Crippen molar-refractivity contribution in [1.82, 2.24) is 15.1 Å². The Morgan fingerprint density at radius 2 is 2.00 bits per heavy atom. The fourth-order valence-corrected chi connectivity index (χ4v) is 2.48. The van der Waals surface area contributed by atoms with Crippen molar-refractivity contribution in [3.05, 3.63) is 33.9 Å². The predicted molar refractivity (Wildman–Crippen MR) is 93.3 cm³/mol. The molecule has 1 aromatic carbocycles. The number of hydrogen-bond acceptors (Lipinski definition) is 6. The molecular formula is C15H21ClN4O5. The maximum atomic E-state index is 12.4. The highest BCUT2D eigenvalue weighted by Gasteiger charge is 2.23. The number of methoxy groups -OCH3 is 1. The zero-order valence-electron chi connectivity index (χ0n) is 14.1. The van der Waals surface area contributed by atoms with Gasteiger partial charge in [0.2, 0.25) is 5.91 Å². The number of benzene rings is 1. The van der Waals surface area contributed by atoms with E-state index in [1.165, 1.54) is 31.2 Å². The maximum absolute atomic E-state index is 12.4. The van der Waals surface area contributed by atoms with Crippen LogP contribution in [0.15, 0.2) is 18.2 Å². The largest absolute Gasteiger partial charge is 0.490 e. The lowest BCUT2D eigenvalue weighted by molar-refractivity contribution is -0.385. The van der Waals surface area contributed by atoms with E-state index in [0.717, 1.165) is 19.2 Å². The Morgan fingerprint density at radius 3 is 2.56 bits per heavy atom. The first-order valence-corrected chi connectivity index (χ1v) is 7.50. The molecule has 138 valence electrons. The number of piperazine rings is 1. The molecule has 1 saturated heterocycles. The minimum absolute atomic E-state index is 0. The number of ether oxygens (including phenoxy) is 1. The minimum atomic E-state index is -0.610. The smallest absolute Gasteiger partial charge is 0.311 e. The topological polar surface area (TPSA) is 105 Å². The molecule has 0 unspecified atom stereocenters. The highest BCUT2D eigenvalue weighted by molar-refractivity contribution is 5.97. The highest BCUT2D eigenvalue weighted by atomic mass is 35.5. The molecule has 9 nitrogen and oxygen atoms in total. The summed E-state index contributed by atoms with van der Waals surface area (Å²) in [6, 6.07) is 3.98. The van der Waals surface area contributed by atoms with Crippen molar-refractivity contribution >= 4 is 29.9 Å². The van der Waals surface area contributed by atoms with Crippen LogP contribution in [0.5, 0.6) is 5.75 Å². The Bertz CT molecular complexity index is 649. The molecule has 25 heavy (non-hydrogen) atoms. The van der Waals surface area contributed by atoms with Crippen molar-refractivity contribution in [1.29, 1.82) is 0 Å². The van der Waals surface area contributed by atoms with Crippen LogP contribution in [0.25, 0.3) is 0 Å². The van der Waals surface area contributed by atoms with E-state index >= 15 is 0 Å². The lowest BCUT2D eigenvalue weighted by Gasteiger charge is -2.29. The predicted octanol–water partition coefficient (Wildman–Crippen LogP) is 0.529. The summed E-state index contributed by atoms with van der Waals surface area (Å²) < 4.78 is 4.91. The molecular weight excluding hydrogens is 352 g/mol. The van der Waals surface area contributed by atoms with Gasteiger partial charge in [-0.2, -0.15) is 0 Å². The van der Waals surface area contributed by atoms with Crippen LogP contribution >= 0.6 is 12.4 Å². The van der Waals surface area contributed by atoms with E-state index in [9.17, 15) is 19.7 Å². The third-order valence-corrected chi connectivity index (χ3v) is 3.81. The summed E-state index contributed by atoms with van der Waals surface area (Å²) >= 11 is 0. The van der Waals surface area contributed by atoms with Gasteiger partial charge in [-0.05, 0) is 12.1 Å². The Labute approximate surface area is 151 Å². The standard InChI is InChI=1S/C15H20N4O5.ClH/c1-17(10-14(20)18-7-5-16-6-8-18)15(21)11-3-4-13(24-2)12(9-11)19(22)23;/h3-4,9,16H,5-8,10H2,1-2H3;1H. The summed E-state index contributed by atoms with van der Waals surface area (Å²) in [5.74, 6) is -0.518. The summed E-state index contributed by atoms with van der Waals surface area (Å²) in [4.78, 5) is 38.0. The molecule has 2 rings (SSSR count). The molecule has 1 N–H and O–H groups in total. The highest BCUT2D eigenvalue weighted by Crippen LogP contribution is 2.27. The summed E-state index contributed by atoms with van der Waals surface area (Å²) in [7, 11) is 2.82. The van der Waals surface area contributed by atoms with E-state index in [1.807, 2.05) is 0 Å². The van der Waals surface area contributed by atoms with Crippen LogP contribution in [0, 0.1) is 10.1 Å². The van der Waals surface area contributed by atoms with Gasteiger partial charge in [-0.1, -0.05) is 0 Å². The third kappa shape index (κ3) is 5.04. The summed E-state index contributed by atoms with van der Waals surface area (Å²) in [5, 5.41) is 14.2. The number of halogens is 1. The number of carbonyl (C=O) groups is 2. The van der Waals surface area contributed by atoms with Gasteiger partial charge in [0, 0.05) is 44.9 Å². The molecule has 1 aliphatic rings. The molecule has 0 saturated carbocycles. The zero-order valence-corrected chi connectivity index (χ0v) is 14.9. The van der Waals surface area contributed by atoms with Crippen LogP contribution in [0.2, 0.25) is 0 Å². The monoisotopic (exact) mass is 372 g/mol. The molecule has 0 spiro atoms. The lowest BCUT2D eigenvalue weighted by Crippen LogP contribution is -2.49. The first-order chi connectivity index (χ1) is 11.4. The molecule has 1 heterocycles. The van der Waals surface area contributed by atoms with Gasteiger partial charge in [0.1, 0.15) is 0 Å². The van der Waals surface area contributed by atoms with Gasteiger partial charge >= 0.3 is 5.69 Å². The minimum Gasteiger partial charge on any atom is -0.490 e. The molecule has 10 heteroatoms. The Hall–Kier alpha value is -2.39. The number of likely N-dealkylation sites (N-methyl/N-ethyl adjacent to an activating group) is 1. The molecule has 2 amide bonds. The van der Waals surface area contributed by atoms with E-state index in [1.54, 1.807) is 4.90 Å². The molecule has 0 radical (unpaired) electrons. The Morgan fingerprint density at radius 1 is 1.36 bits per heavy atom. The second kappa shape index (κ2) is 9.19. The molecule has 0 aliphatic carbocycles. The Balaban J connectivity index is 0.00000312. The van der Waals surface area contributed by atoms with Gasteiger partial charge in [0.15, 0.2) is 5.75 Å². The van der Waals surface area contributed by atoms with Crippen molar-refractivity contribution < 1.29 is 19.2 Å². The fraction of sp³-hybridized carbons (Fsp3) is 0.467. The van der Waals surface area contributed by atoms with E-state index in [4.69, 9.17) is 4.74 Å². The zero-order chi connectivity index (χ0) is 17.7. The summed E-state index contributed by atoms with van der Waals surface area (Å²) in [6.07, 6.45) is 0. The normalized spacial score (nSPS) is 13.6. The molecule has 0 bridgehead atoms. The molecule has 1 aliphatic heterocycles. The second-order valence-corrected chi connectivity index (χ2v) is 5.44. The van der Waals surface area contributed by atoms with E-state index in [2.05, 4.69) is 5.32 Å². The van der Waals surface area contributed by atoms with Gasteiger partial charge in [-0.3, -0.25) is 19.7 Å². The van der Waals surface area contributed by atoms with Crippen molar-refractivity contribution in [2.75, 3.05) is 46.9 Å². The number of rotatable bonds is 5. The van der Waals surface area contributed by atoms with Crippen molar-refractivity contribution in [2.45, 2.75) is 0 Å². The van der Waals surface area contributed by atoms with E-state index < -0.39 is 10.8 Å². The number of hydrogen-bond donors (Lipinski definition) is 1. The number of amides is 2. The van der Waals surface area contributed by atoms with Crippen LogP contribution in [0.4, 0.5) is 5.69 Å². The number of carbonyl (C=O) groups excluding carboxylic acids is 2. The van der Waals surface area contributed by atoms with E-state index in [0.29, 0.717) is 13.1 Å². The number of nitrogens with zero attached hydrogens (tertiary/aromatic N) is 3. The quantitative estimate of drug-likeness (QED) is 0.597. The van der Waals surface area contributed by atoms with Gasteiger partial charge in [-0.15, -0.1) is 12.4 Å². The first kappa shape index (κ1) is 20.7. The number of nitrogens with one attached hydrogen (secondary N) is 1. The fourth-order valence-electron chi connectivity index (χ4n) is 2.48. The van der Waals surface area contributed by atoms with Crippen LogP contribution < -0.4 is 10.1 Å². The van der Waals surface area contributed by atoms with Crippen molar-refractivity contribution in [3.8, 4) is 5.75 Å². The third-order valence-electron chi connectivity index (χ3n) is 3.81. The SMILES string of the molecule is COc1ccc(C(=O)N(C)CC(=O)N2CCNCC2)cc1[N+](=O)[O-].Cl. The second-order valence-electron chi connectivity index (χ2n) is 5.44. The van der Waals surface area contributed by atoms with Gasteiger partial charge in [0.05, 0.1) is 18.6 Å². The van der Waals surface area contributed by atoms with Crippen LogP contribution in [0.1, 0.15) is 10.4 Å². The van der Waals surface area contributed by atoms with Gasteiger partial charge in [0.25, 0.3) is 5.91 Å². The average Bonchev–Trinajstić information content (AvgIpc) is 2.61. The molecule has 0 atom stereocenters. The Kier molecular flexibility index (Phi) is 7.59. The van der Waals surface area contributed by atoms with E-state index in [-0.39, 0.29) is 41.9 Å². The van der Waals surface area contributed by atoms with Crippen molar-refractivity contribution in [2.24, 2.45) is 0 Å².